The predicted molar refractivity (Wildman–Crippen MR) is 74.5 cm³/mol. The second kappa shape index (κ2) is 6.86. The molecule has 0 saturated carbocycles. The van der Waals surface area contributed by atoms with Gasteiger partial charge in [0.15, 0.2) is 9.84 Å². The first-order valence-electron chi connectivity index (χ1n) is 6.48. The van der Waals surface area contributed by atoms with Gasteiger partial charge in [-0.25, -0.2) is 16.8 Å². The summed E-state index contributed by atoms with van der Waals surface area (Å²) in [6.45, 7) is 1.92. The lowest BCUT2D eigenvalue weighted by Crippen LogP contribution is -2.42. The third-order valence-electron chi connectivity index (χ3n) is 3.30. The van der Waals surface area contributed by atoms with Crippen molar-refractivity contribution in [2.75, 3.05) is 30.9 Å². The first-order chi connectivity index (χ1) is 9.22. The van der Waals surface area contributed by atoms with E-state index in [0.717, 1.165) is 0 Å². The monoisotopic (exact) mass is 327 g/mol. The highest BCUT2D eigenvalue weighted by Crippen LogP contribution is 2.21. The molecule has 0 N–H and O–H groups in total. The summed E-state index contributed by atoms with van der Waals surface area (Å²) in [6.07, 6.45) is 0.549. The van der Waals surface area contributed by atoms with Crippen LogP contribution in [0.4, 0.5) is 0 Å². The number of ether oxygens (including phenoxy) is 1. The van der Waals surface area contributed by atoms with E-state index in [2.05, 4.69) is 4.74 Å². The summed E-state index contributed by atoms with van der Waals surface area (Å²) in [4.78, 5) is 11.0. The largest absolute Gasteiger partial charge is 0.469 e. The van der Waals surface area contributed by atoms with Crippen LogP contribution < -0.4 is 0 Å². The van der Waals surface area contributed by atoms with Gasteiger partial charge in [0.1, 0.15) is 0 Å². The smallest absolute Gasteiger partial charge is 0.305 e. The Morgan fingerprint density at radius 3 is 2.50 bits per heavy atom. The summed E-state index contributed by atoms with van der Waals surface area (Å²) >= 11 is 0. The van der Waals surface area contributed by atoms with Crippen LogP contribution in [0.5, 0.6) is 0 Å². The second-order valence-electron chi connectivity index (χ2n) is 4.76. The first-order valence-corrected chi connectivity index (χ1v) is 9.91. The summed E-state index contributed by atoms with van der Waals surface area (Å²) < 4.78 is 53.0. The molecule has 0 amide bonds. The molecule has 1 aliphatic heterocycles. The fraction of sp³-hybridized carbons (Fsp3) is 0.909. The van der Waals surface area contributed by atoms with Crippen molar-refractivity contribution in [2.45, 2.75) is 32.2 Å². The molecule has 20 heavy (non-hydrogen) atoms. The Bertz CT molecular complexity index is 539. The number of hydrogen-bond donors (Lipinski definition) is 0. The number of sulfone groups is 1. The molecule has 9 heteroatoms. The standard InChI is InChI=1S/C11H21NO6S2/c1-3-12(10-6-8-19(14,15)9-10)20(16,17)7-4-5-11(13)18-2/h10H,3-9H2,1-2H3. The van der Waals surface area contributed by atoms with Gasteiger partial charge in [-0.05, 0) is 12.8 Å². The van der Waals surface area contributed by atoms with Crippen LogP contribution in [0.15, 0.2) is 0 Å². The molecule has 1 atom stereocenters. The highest BCUT2D eigenvalue weighted by atomic mass is 32.2. The van der Waals surface area contributed by atoms with Gasteiger partial charge in [0, 0.05) is 19.0 Å². The predicted octanol–water partition coefficient (Wildman–Crippen LogP) is -0.222. The van der Waals surface area contributed by atoms with Gasteiger partial charge < -0.3 is 4.74 Å². The maximum absolute atomic E-state index is 12.2. The Balaban J connectivity index is 2.66. The number of sulfonamides is 1. The van der Waals surface area contributed by atoms with E-state index < -0.39 is 31.9 Å². The van der Waals surface area contributed by atoms with E-state index in [1.54, 1.807) is 6.92 Å². The van der Waals surface area contributed by atoms with Gasteiger partial charge in [-0.2, -0.15) is 4.31 Å². The molecule has 1 fully saturated rings. The van der Waals surface area contributed by atoms with Gasteiger partial charge >= 0.3 is 5.97 Å². The van der Waals surface area contributed by atoms with Crippen LogP contribution in [0.2, 0.25) is 0 Å². The molecule has 0 aliphatic carbocycles. The molecule has 1 aliphatic rings. The van der Waals surface area contributed by atoms with Crippen LogP contribution in [-0.4, -0.2) is 64.1 Å². The van der Waals surface area contributed by atoms with Gasteiger partial charge in [0.25, 0.3) is 0 Å². The van der Waals surface area contributed by atoms with E-state index in [4.69, 9.17) is 0 Å². The topological polar surface area (TPSA) is 97.8 Å². The van der Waals surface area contributed by atoms with Crippen LogP contribution in [0, 0.1) is 0 Å². The second-order valence-corrected chi connectivity index (χ2v) is 9.03. The van der Waals surface area contributed by atoms with Crippen LogP contribution in [-0.2, 0) is 29.4 Å². The van der Waals surface area contributed by atoms with Crippen molar-refractivity contribution < 1.29 is 26.4 Å². The lowest BCUT2D eigenvalue weighted by molar-refractivity contribution is -0.140. The van der Waals surface area contributed by atoms with E-state index in [1.165, 1.54) is 11.4 Å². The van der Waals surface area contributed by atoms with Gasteiger partial charge in [-0.3, -0.25) is 4.79 Å². The van der Waals surface area contributed by atoms with Crippen LogP contribution >= 0.6 is 0 Å². The minimum absolute atomic E-state index is 0.0336. The molecule has 1 unspecified atom stereocenters. The third kappa shape index (κ3) is 4.71. The van der Waals surface area contributed by atoms with Crippen molar-refractivity contribution in [1.29, 1.82) is 0 Å². The van der Waals surface area contributed by atoms with Gasteiger partial charge in [0.05, 0.1) is 24.4 Å². The minimum Gasteiger partial charge on any atom is -0.469 e. The highest BCUT2D eigenvalue weighted by Gasteiger charge is 2.36. The molecule has 0 bridgehead atoms. The van der Waals surface area contributed by atoms with Crippen molar-refractivity contribution in [2.24, 2.45) is 0 Å². The number of methoxy groups -OCH3 is 1. The Morgan fingerprint density at radius 2 is 2.05 bits per heavy atom. The number of rotatable bonds is 7. The van der Waals surface area contributed by atoms with Gasteiger partial charge in [0.2, 0.25) is 10.0 Å². The molecular weight excluding hydrogens is 306 g/mol. The van der Waals surface area contributed by atoms with Crippen molar-refractivity contribution in [3.63, 3.8) is 0 Å². The fourth-order valence-electron chi connectivity index (χ4n) is 2.30. The summed E-state index contributed by atoms with van der Waals surface area (Å²) in [5.41, 5.74) is 0. The maximum Gasteiger partial charge on any atom is 0.305 e. The SMILES string of the molecule is CCN(C1CCS(=O)(=O)C1)S(=O)(=O)CCCC(=O)OC. The maximum atomic E-state index is 12.2. The van der Waals surface area contributed by atoms with E-state index in [1.807, 2.05) is 0 Å². The normalized spacial score (nSPS) is 22.1. The van der Waals surface area contributed by atoms with Crippen molar-refractivity contribution in [1.82, 2.24) is 4.31 Å². The Hall–Kier alpha value is -0.670. The van der Waals surface area contributed by atoms with Crippen molar-refractivity contribution in [3.8, 4) is 0 Å². The first kappa shape index (κ1) is 17.4. The number of nitrogens with zero attached hydrogens (tertiary/aromatic N) is 1. The molecule has 0 aromatic rings. The molecule has 118 valence electrons. The number of carbonyl (C=O) groups is 1. The summed E-state index contributed by atoms with van der Waals surface area (Å²) in [7, 11) is -5.43. The molecule has 1 saturated heterocycles. The highest BCUT2D eigenvalue weighted by molar-refractivity contribution is 7.92. The van der Waals surface area contributed by atoms with Crippen molar-refractivity contribution >= 4 is 25.8 Å². The molecule has 0 radical (unpaired) electrons. The zero-order chi connectivity index (χ0) is 15.4. The van der Waals surface area contributed by atoms with E-state index in [-0.39, 0.29) is 36.6 Å². The zero-order valence-corrected chi connectivity index (χ0v) is 13.4. The number of hydrogen-bond acceptors (Lipinski definition) is 6. The molecule has 1 rings (SSSR count). The Labute approximate surface area is 120 Å². The average Bonchev–Trinajstić information content (AvgIpc) is 2.69. The van der Waals surface area contributed by atoms with Gasteiger partial charge in [-0.1, -0.05) is 6.92 Å². The van der Waals surface area contributed by atoms with Crippen molar-refractivity contribution in [3.05, 3.63) is 0 Å². The lowest BCUT2D eigenvalue weighted by atomic mass is 10.3. The van der Waals surface area contributed by atoms with E-state index >= 15 is 0 Å². The van der Waals surface area contributed by atoms with E-state index in [9.17, 15) is 21.6 Å². The Morgan fingerprint density at radius 1 is 1.40 bits per heavy atom. The minimum atomic E-state index is -3.55. The summed E-state index contributed by atoms with van der Waals surface area (Å²) in [6, 6.07) is -0.479. The molecule has 0 aromatic carbocycles. The quantitative estimate of drug-likeness (QED) is 0.600. The Kier molecular flexibility index (Phi) is 5.96. The number of carbonyl (C=O) groups excluding carboxylic acids is 1. The molecular formula is C11H21NO6S2. The molecule has 0 spiro atoms. The molecule has 0 aromatic heterocycles. The van der Waals surface area contributed by atoms with E-state index in [0.29, 0.717) is 6.42 Å². The van der Waals surface area contributed by atoms with Crippen LogP contribution in [0.25, 0.3) is 0 Å². The van der Waals surface area contributed by atoms with Gasteiger partial charge in [-0.15, -0.1) is 0 Å². The summed E-state index contributed by atoms with van der Waals surface area (Å²) in [5, 5.41) is 0. The fourth-order valence-corrected chi connectivity index (χ4v) is 5.90. The van der Waals surface area contributed by atoms with Crippen LogP contribution in [0.3, 0.4) is 0 Å². The summed E-state index contributed by atoms with van der Waals surface area (Å²) in [5.74, 6) is -0.707. The average molecular weight is 327 g/mol. The number of esters is 1. The third-order valence-corrected chi connectivity index (χ3v) is 7.12. The lowest BCUT2D eigenvalue weighted by Gasteiger charge is -2.25. The van der Waals surface area contributed by atoms with Crippen LogP contribution in [0.1, 0.15) is 26.2 Å². The zero-order valence-electron chi connectivity index (χ0n) is 11.7. The molecule has 7 nitrogen and oxygen atoms in total. The molecule has 1 heterocycles.